The Bertz CT molecular complexity index is 1780. The van der Waals surface area contributed by atoms with Gasteiger partial charge in [-0.2, -0.15) is 0 Å². The highest BCUT2D eigenvalue weighted by Gasteiger charge is 2.40. The van der Waals surface area contributed by atoms with E-state index in [1.165, 1.54) is 25.8 Å². The zero-order valence-corrected chi connectivity index (χ0v) is 40.9. The molecule has 25 nitrogen and oxygen atoms in total. The minimum atomic E-state index is -1.72. The molecule has 1 aliphatic heterocycles. The molecular weight excluding hydrogens is 891 g/mol. The number of rotatable bonds is 29. The lowest BCUT2D eigenvalue weighted by Gasteiger charge is -2.31. The molecule has 68 heavy (non-hydrogen) atoms. The van der Waals surface area contributed by atoms with Gasteiger partial charge in [-0.15, -0.1) is 0 Å². The van der Waals surface area contributed by atoms with E-state index in [4.69, 9.17) is 11.5 Å². The first-order valence-electron chi connectivity index (χ1n) is 23.2. The van der Waals surface area contributed by atoms with Gasteiger partial charge in [0, 0.05) is 33.6 Å². The van der Waals surface area contributed by atoms with E-state index in [0.717, 1.165) is 4.90 Å². The number of likely N-dealkylation sites (N-methyl/N-ethyl adjacent to an activating group) is 2. The lowest BCUT2D eigenvalue weighted by Crippen LogP contribution is -2.62. The monoisotopic (exact) mass is 968 g/mol. The fourth-order valence-corrected chi connectivity index (χ4v) is 7.03. The van der Waals surface area contributed by atoms with Crippen LogP contribution in [-0.2, 0) is 47.9 Å². The molecule has 9 atom stereocenters. The second kappa shape index (κ2) is 30.3. The quantitative estimate of drug-likeness (QED) is 0.0191. The Morgan fingerprint density at radius 1 is 0.735 bits per heavy atom. The van der Waals surface area contributed by atoms with E-state index in [0.29, 0.717) is 38.8 Å². The molecule has 0 aromatic heterocycles. The highest BCUT2D eigenvalue weighted by atomic mass is 16.3. The van der Waals surface area contributed by atoms with Gasteiger partial charge in [-0.05, 0) is 57.8 Å². The molecule has 0 radical (unpaired) electrons. The summed E-state index contributed by atoms with van der Waals surface area (Å²) in [5.74, 6) is -8.27. The summed E-state index contributed by atoms with van der Waals surface area (Å²) < 4.78 is 0. The van der Waals surface area contributed by atoms with Gasteiger partial charge < -0.3 is 74.0 Å². The molecule has 25 heteroatoms. The molecule has 14 N–H and O–H groups in total. The molecule has 1 heterocycles. The van der Waals surface area contributed by atoms with Crippen LogP contribution in [0.1, 0.15) is 100 Å². The van der Waals surface area contributed by atoms with Gasteiger partial charge >= 0.3 is 0 Å². The normalized spacial score (nSPS) is 16.8. The highest BCUT2D eigenvalue weighted by molar-refractivity contribution is 5.98. The largest absolute Gasteiger partial charge is 0.394 e. The molecule has 1 aliphatic rings. The molecule has 0 aromatic carbocycles. The molecule has 1 rings (SSSR count). The van der Waals surface area contributed by atoms with E-state index >= 15 is 0 Å². The molecule has 1 fully saturated rings. The van der Waals surface area contributed by atoms with E-state index < -0.39 is 121 Å². The van der Waals surface area contributed by atoms with Crippen molar-refractivity contribution >= 4 is 65.0 Å². The summed E-state index contributed by atoms with van der Waals surface area (Å²) in [5, 5.41) is 40.9. The second-order valence-electron chi connectivity index (χ2n) is 17.2. The summed E-state index contributed by atoms with van der Waals surface area (Å²) in [6, 6.07) is -9.03. The second-order valence-corrected chi connectivity index (χ2v) is 17.2. The van der Waals surface area contributed by atoms with Gasteiger partial charge in [0.05, 0.1) is 25.8 Å². The van der Waals surface area contributed by atoms with Crippen molar-refractivity contribution in [3.05, 3.63) is 0 Å². The average Bonchev–Trinajstić information content (AvgIpc) is 3.77. The van der Waals surface area contributed by atoms with Crippen molar-refractivity contribution in [2.24, 2.45) is 28.3 Å². The van der Waals surface area contributed by atoms with Gasteiger partial charge in [-0.1, -0.05) is 47.5 Å². The van der Waals surface area contributed by atoms with Crippen molar-refractivity contribution in [3.63, 3.8) is 0 Å². The van der Waals surface area contributed by atoms with Crippen LogP contribution < -0.4 is 54.0 Å². The molecule has 0 aromatic rings. The first-order valence-corrected chi connectivity index (χ1v) is 23.2. The standard InChI is InChI=1S/C43H77N13O12/c1-10-15-27(36(62)53-34(24(6)11-2)40(66)50-28(16-13-18-47-43(44)45)42(68)56-19-14-17-30(56)38(64)46-12-3)49-41(67)35(25(7)58)54-37(63)29(22-57)51-39(65)33(23(4)5)52-31(60)20-48-32(61)21-55(9)26(8)59/h23-25,27-30,33-35,57-58H,10-22H2,1-9H3,(H,46,64)(H,48,61)(H,49,67)(H,50,66)(H,51,65)(H,52,60)(H,53,62)(H,54,63)(H4,44,45,47)/t24-,25+,27-,28-,29+,30-,33-,34-,35-/m0/s1. The summed E-state index contributed by atoms with van der Waals surface area (Å²) >= 11 is 0. The third kappa shape index (κ3) is 20.0. The molecule has 386 valence electrons. The van der Waals surface area contributed by atoms with Crippen molar-refractivity contribution in [2.75, 3.05) is 46.4 Å². The van der Waals surface area contributed by atoms with Crippen LogP contribution in [0.15, 0.2) is 4.99 Å². The molecule has 0 spiro atoms. The number of guanidine groups is 1. The van der Waals surface area contributed by atoms with E-state index in [9.17, 15) is 58.2 Å². The van der Waals surface area contributed by atoms with Crippen molar-refractivity contribution in [2.45, 2.75) is 149 Å². The number of nitrogens with zero attached hydrogens (tertiary/aromatic N) is 3. The van der Waals surface area contributed by atoms with Gasteiger partial charge in [0.2, 0.25) is 59.1 Å². The van der Waals surface area contributed by atoms with Crippen molar-refractivity contribution < 1.29 is 58.2 Å². The molecular formula is C43H77N13O12. The smallest absolute Gasteiger partial charge is 0.245 e. The van der Waals surface area contributed by atoms with Gasteiger partial charge in [0.15, 0.2) is 5.96 Å². The Kier molecular flexibility index (Phi) is 26.7. The third-order valence-corrected chi connectivity index (χ3v) is 11.3. The van der Waals surface area contributed by atoms with Crippen LogP contribution in [-0.4, -0.2) is 180 Å². The maximum Gasteiger partial charge on any atom is 0.245 e. The number of hydrogen-bond acceptors (Lipinski definition) is 13. The number of carbonyl (C=O) groups is 10. The number of carbonyl (C=O) groups excluding carboxylic acids is 10. The summed E-state index contributed by atoms with van der Waals surface area (Å²) in [7, 11) is 1.40. The number of hydrogen-bond donors (Lipinski definition) is 12. The average molecular weight is 968 g/mol. The van der Waals surface area contributed by atoms with Crippen molar-refractivity contribution in [1.82, 2.24) is 52.3 Å². The maximum absolute atomic E-state index is 14.1. The Morgan fingerprint density at radius 3 is 1.85 bits per heavy atom. The number of nitrogens with one attached hydrogen (secondary N) is 8. The fourth-order valence-electron chi connectivity index (χ4n) is 7.03. The predicted octanol–water partition coefficient (Wildman–Crippen LogP) is -4.45. The number of likely N-dealkylation sites (tertiary alicyclic amines) is 1. The maximum atomic E-state index is 14.1. The number of aliphatic imine (C=N–C) groups is 1. The number of amides is 10. The fraction of sp³-hybridized carbons (Fsp3) is 0.744. The van der Waals surface area contributed by atoms with Crippen LogP contribution in [0, 0.1) is 11.8 Å². The van der Waals surface area contributed by atoms with E-state index in [1.807, 2.05) is 0 Å². The van der Waals surface area contributed by atoms with Crippen LogP contribution in [0.5, 0.6) is 0 Å². The number of nitrogens with two attached hydrogens (primary N) is 2. The molecule has 1 saturated heterocycles. The minimum absolute atomic E-state index is 0.0474. The van der Waals surface area contributed by atoms with Crippen molar-refractivity contribution in [1.29, 1.82) is 0 Å². The lowest BCUT2D eigenvalue weighted by atomic mass is 9.96. The van der Waals surface area contributed by atoms with Gasteiger partial charge in [-0.25, -0.2) is 0 Å². The van der Waals surface area contributed by atoms with Crippen LogP contribution in [0.25, 0.3) is 0 Å². The number of aliphatic hydroxyl groups is 2. The van der Waals surface area contributed by atoms with Gasteiger partial charge in [0.25, 0.3) is 0 Å². The third-order valence-electron chi connectivity index (χ3n) is 11.3. The van der Waals surface area contributed by atoms with E-state index in [2.05, 4.69) is 47.5 Å². The topological polar surface area (TPSA) is 378 Å². The summed E-state index contributed by atoms with van der Waals surface area (Å²) in [5.41, 5.74) is 10.9. The van der Waals surface area contributed by atoms with Crippen LogP contribution in [0.2, 0.25) is 0 Å². The van der Waals surface area contributed by atoms with Gasteiger partial charge in [0.1, 0.15) is 42.3 Å². The van der Waals surface area contributed by atoms with E-state index in [-0.39, 0.29) is 50.1 Å². The zero-order chi connectivity index (χ0) is 51.8. The number of aliphatic hydroxyl groups excluding tert-OH is 2. The first-order chi connectivity index (χ1) is 31.9. The highest BCUT2D eigenvalue weighted by Crippen LogP contribution is 2.20. The Morgan fingerprint density at radius 2 is 1.31 bits per heavy atom. The Labute approximate surface area is 398 Å². The molecule has 0 unspecified atom stereocenters. The predicted molar refractivity (Wildman–Crippen MR) is 249 cm³/mol. The van der Waals surface area contributed by atoms with Crippen LogP contribution in [0.3, 0.4) is 0 Å². The summed E-state index contributed by atoms with van der Waals surface area (Å²) in [6.45, 7) is 11.6. The zero-order valence-electron chi connectivity index (χ0n) is 40.9. The van der Waals surface area contributed by atoms with Crippen molar-refractivity contribution in [3.8, 4) is 0 Å². The summed E-state index contributed by atoms with van der Waals surface area (Å²) in [6.07, 6.45) is 0.632. The first kappa shape index (κ1) is 59.9. The van der Waals surface area contributed by atoms with Gasteiger partial charge in [-0.3, -0.25) is 52.9 Å². The SMILES string of the molecule is CCC[C@H](NC(=O)[C@@H](NC(=O)[C@@H](CO)NC(=O)[C@@H](NC(=O)CNC(=O)CN(C)C(C)=O)C(C)C)[C@@H](C)O)C(=O)N[C@H](C(=O)N[C@@H](CCCN=C(N)N)C(=O)N1CCC[C@H]1C(=O)NCC)[C@@H](C)CC. The Hall–Kier alpha value is -6.11. The molecule has 10 amide bonds. The Balaban J connectivity index is 3.21. The van der Waals surface area contributed by atoms with Crippen LogP contribution >= 0.6 is 0 Å². The molecule has 0 aliphatic carbocycles. The minimum Gasteiger partial charge on any atom is -0.394 e. The molecule has 0 bridgehead atoms. The van der Waals surface area contributed by atoms with Crippen LogP contribution in [0.4, 0.5) is 0 Å². The van der Waals surface area contributed by atoms with E-state index in [1.54, 1.807) is 41.5 Å². The lowest BCUT2D eigenvalue weighted by molar-refractivity contribution is -0.142. The molecule has 0 saturated carbocycles. The summed E-state index contributed by atoms with van der Waals surface area (Å²) in [4.78, 5) is 138.